The van der Waals surface area contributed by atoms with Crippen LogP contribution in [-0.2, 0) is 6.54 Å². The minimum Gasteiger partial charge on any atom is -0.383 e. The Morgan fingerprint density at radius 1 is 1.56 bits per heavy atom. The van der Waals surface area contributed by atoms with E-state index >= 15 is 0 Å². The Hall–Kier alpha value is -1.06. The van der Waals surface area contributed by atoms with Crippen molar-refractivity contribution < 1.29 is 4.39 Å². The standard InChI is InChI=1S/C11H11Cl2FN2/c1-2-9(13)11(15)16-6-7-3-4-8(12)5-10(7)14/h2-5H,6H2,1H3,(H2,15,16)/b9-2+. The predicted octanol–water partition coefficient (Wildman–Crippen LogP) is 3.48. The Kier molecular flexibility index (Phi) is 4.77. The summed E-state index contributed by atoms with van der Waals surface area (Å²) in [5.41, 5.74) is 5.98. The number of aliphatic imine (C=N–C) groups is 1. The quantitative estimate of drug-likeness (QED) is 0.656. The lowest BCUT2D eigenvalue weighted by Gasteiger charge is -2.01. The van der Waals surface area contributed by atoms with Gasteiger partial charge < -0.3 is 5.73 Å². The molecule has 0 aliphatic heterocycles. The van der Waals surface area contributed by atoms with Crippen molar-refractivity contribution in [2.24, 2.45) is 10.7 Å². The summed E-state index contributed by atoms with van der Waals surface area (Å²) in [7, 11) is 0. The summed E-state index contributed by atoms with van der Waals surface area (Å²) in [6.45, 7) is 1.88. The molecule has 2 nitrogen and oxygen atoms in total. The van der Waals surface area contributed by atoms with E-state index in [1.54, 1.807) is 25.1 Å². The number of amidine groups is 1. The van der Waals surface area contributed by atoms with Gasteiger partial charge in [-0.05, 0) is 19.1 Å². The average Bonchev–Trinajstić information content (AvgIpc) is 2.26. The first-order valence-corrected chi connectivity index (χ1v) is 5.36. The van der Waals surface area contributed by atoms with Crippen LogP contribution in [0.2, 0.25) is 5.02 Å². The highest BCUT2D eigenvalue weighted by atomic mass is 35.5. The molecule has 86 valence electrons. The molecular formula is C11H11Cl2FN2. The van der Waals surface area contributed by atoms with Gasteiger partial charge in [-0.25, -0.2) is 4.39 Å². The molecule has 0 fully saturated rings. The van der Waals surface area contributed by atoms with Crippen LogP contribution in [0.25, 0.3) is 0 Å². The maximum Gasteiger partial charge on any atom is 0.137 e. The average molecular weight is 261 g/mol. The maximum absolute atomic E-state index is 13.3. The summed E-state index contributed by atoms with van der Waals surface area (Å²) in [4.78, 5) is 3.97. The Morgan fingerprint density at radius 3 is 2.81 bits per heavy atom. The number of rotatable bonds is 3. The zero-order chi connectivity index (χ0) is 12.1. The van der Waals surface area contributed by atoms with Gasteiger partial charge in [0.1, 0.15) is 11.7 Å². The normalized spacial score (nSPS) is 13.0. The number of nitrogens with two attached hydrogens (primary N) is 1. The highest BCUT2D eigenvalue weighted by molar-refractivity contribution is 6.42. The van der Waals surface area contributed by atoms with Crippen LogP contribution in [0, 0.1) is 5.82 Å². The van der Waals surface area contributed by atoms with Gasteiger partial charge >= 0.3 is 0 Å². The van der Waals surface area contributed by atoms with Crippen molar-refractivity contribution >= 4 is 29.0 Å². The minimum atomic E-state index is -0.402. The Morgan fingerprint density at radius 2 is 2.25 bits per heavy atom. The summed E-state index contributed by atoms with van der Waals surface area (Å²) in [6.07, 6.45) is 1.62. The maximum atomic E-state index is 13.3. The van der Waals surface area contributed by atoms with Crippen LogP contribution in [0.1, 0.15) is 12.5 Å². The van der Waals surface area contributed by atoms with E-state index in [1.165, 1.54) is 6.07 Å². The lowest BCUT2D eigenvalue weighted by molar-refractivity contribution is 0.611. The second-order valence-corrected chi connectivity index (χ2v) is 3.92. The molecule has 1 aromatic rings. The molecule has 0 saturated heterocycles. The van der Waals surface area contributed by atoms with Crippen molar-refractivity contribution in [2.75, 3.05) is 0 Å². The molecule has 0 aliphatic carbocycles. The van der Waals surface area contributed by atoms with Crippen molar-refractivity contribution in [3.8, 4) is 0 Å². The summed E-state index contributed by atoms with van der Waals surface area (Å²) < 4.78 is 13.3. The molecule has 5 heteroatoms. The number of nitrogens with zero attached hydrogens (tertiary/aromatic N) is 1. The first-order chi connectivity index (χ1) is 7.54. The van der Waals surface area contributed by atoms with E-state index in [0.717, 1.165) is 0 Å². The zero-order valence-corrected chi connectivity index (χ0v) is 10.2. The highest BCUT2D eigenvalue weighted by Crippen LogP contribution is 2.15. The van der Waals surface area contributed by atoms with E-state index in [-0.39, 0.29) is 12.4 Å². The molecule has 0 bridgehead atoms. The van der Waals surface area contributed by atoms with Gasteiger partial charge in [0.15, 0.2) is 0 Å². The molecule has 1 rings (SSSR count). The van der Waals surface area contributed by atoms with Gasteiger partial charge in [0.25, 0.3) is 0 Å². The van der Waals surface area contributed by atoms with Gasteiger partial charge in [-0.3, -0.25) is 4.99 Å². The third kappa shape index (κ3) is 3.51. The smallest absolute Gasteiger partial charge is 0.137 e. The van der Waals surface area contributed by atoms with Crippen molar-refractivity contribution in [1.82, 2.24) is 0 Å². The SMILES string of the molecule is C/C=C(/Cl)C(N)=NCc1ccc(Cl)cc1F. The topological polar surface area (TPSA) is 38.4 Å². The van der Waals surface area contributed by atoms with Gasteiger partial charge in [0.05, 0.1) is 11.6 Å². The molecule has 16 heavy (non-hydrogen) atoms. The van der Waals surface area contributed by atoms with Crippen molar-refractivity contribution in [3.63, 3.8) is 0 Å². The van der Waals surface area contributed by atoms with Crippen molar-refractivity contribution in [3.05, 3.63) is 45.7 Å². The summed E-state index contributed by atoms with van der Waals surface area (Å²) >= 11 is 11.4. The van der Waals surface area contributed by atoms with Crippen LogP contribution in [0.3, 0.4) is 0 Å². The second kappa shape index (κ2) is 5.87. The number of allylic oxidation sites excluding steroid dienone is 1. The molecule has 0 saturated carbocycles. The number of halogens is 3. The van der Waals surface area contributed by atoms with Gasteiger partial charge in [0.2, 0.25) is 0 Å². The number of hydrogen-bond donors (Lipinski definition) is 1. The van der Waals surface area contributed by atoms with E-state index in [0.29, 0.717) is 15.6 Å². The molecule has 0 atom stereocenters. The summed E-state index contributed by atoms with van der Waals surface area (Å²) in [6, 6.07) is 4.40. The largest absolute Gasteiger partial charge is 0.383 e. The monoisotopic (exact) mass is 260 g/mol. The van der Waals surface area contributed by atoms with Crippen LogP contribution < -0.4 is 5.73 Å². The van der Waals surface area contributed by atoms with Crippen LogP contribution in [-0.4, -0.2) is 5.84 Å². The van der Waals surface area contributed by atoms with Crippen LogP contribution in [0.5, 0.6) is 0 Å². The molecule has 0 spiro atoms. The Bertz CT molecular complexity index is 442. The summed E-state index contributed by atoms with van der Waals surface area (Å²) in [5, 5.41) is 0.707. The second-order valence-electron chi connectivity index (χ2n) is 3.07. The molecule has 0 amide bonds. The lowest BCUT2D eigenvalue weighted by Crippen LogP contribution is -2.12. The first kappa shape index (κ1) is 13.0. The highest BCUT2D eigenvalue weighted by Gasteiger charge is 2.03. The lowest BCUT2D eigenvalue weighted by atomic mass is 10.2. The van der Waals surface area contributed by atoms with E-state index in [2.05, 4.69) is 4.99 Å². The molecule has 0 unspecified atom stereocenters. The third-order valence-corrected chi connectivity index (χ3v) is 2.58. The zero-order valence-electron chi connectivity index (χ0n) is 8.67. The number of hydrogen-bond acceptors (Lipinski definition) is 1. The van der Waals surface area contributed by atoms with Gasteiger partial charge in [-0.2, -0.15) is 0 Å². The fourth-order valence-corrected chi connectivity index (χ4v) is 1.26. The van der Waals surface area contributed by atoms with Gasteiger partial charge in [-0.15, -0.1) is 0 Å². The van der Waals surface area contributed by atoms with Crippen LogP contribution >= 0.6 is 23.2 Å². The van der Waals surface area contributed by atoms with Gasteiger partial charge in [-0.1, -0.05) is 35.3 Å². The molecule has 0 aromatic heterocycles. The Labute approximate surface area is 104 Å². The van der Waals surface area contributed by atoms with Crippen LogP contribution in [0.15, 0.2) is 34.3 Å². The fourth-order valence-electron chi connectivity index (χ4n) is 1.04. The van der Waals surface area contributed by atoms with E-state index in [4.69, 9.17) is 28.9 Å². The Balaban J connectivity index is 2.82. The van der Waals surface area contributed by atoms with E-state index < -0.39 is 5.82 Å². The molecule has 1 aromatic carbocycles. The molecular weight excluding hydrogens is 250 g/mol. The third-order valence-electron chi connectivity index (χ3n) is 1.93. The van der Waals surface area contributed by atoms with Crippen LogP contribution in [0.4, 0.5) is 4.39 Å². The predicted molar refractivity (Wildman–Crippen MR) is 66.3 cm³/mol. The van der Waals surface area contributed by atoms with Gasteiger partial charge in [0, 0.05) is 10.6 Å². The van der Waals surface area contributed by atoms with E-state index in [1.807, 2.05) is 0 Å². The van der Waals surface area contributed by atoms with E-state index in [9.17, 15) is 4.39 Å². The van der Waals surface area contributed by atoms with Crippen molar-refractivity contribution in [2.45, 2.75) is 13.5 Å². The first-order valence-electron chi connectivity index (χ1n) is 4.60. The minimum absolute atomic E-state index is 0.138. The molecule has 0 radical (unpaired) electrons. The summed E-state index contributed by atoms with van der Waals surface area (Å²) in [5.74, 6) is -0.209. The molecule has 0 heterocycles. The molecule has 2 N–H and O–H groups in total. The van der Waals surface area contributed by atoms with Crippen molar-refractivity contribution in [1.29, 1.82) is 0 Å². The molecule has 0 aliphatic rings. The fraction of sp³-hybridized carbons (Fsp3) is 0.182. The number of benzene rings is 1.